The molecule has 1 N–H and O–H groups in total. The van der Waals surface area contributed by atoms with Gasteiger partial charge in [0.25, 0.3) is 0 Å². The van der Waals surface area contributed by atoms with E-state index in [9.17, 15) is 9.59 Å². The Hall–Kier alpha value is -2.34. The predicted octanol–water partition coefficient (Wildman–Crippen LogP) is 4.09. The smallest absolute Gasteiger partial charge is 0.325 e. The molecule has 1 aliphatic heterocycles. The summed E-state index contributed by atoms with van der Waals surface area (Å²) in [4.78, 5) is 26.3. The van der Waals surface area contributed by atoms with E-state index < -0.39 is 0 Å². The van der Waals surface area contributed by atoms with Crippen LogP contribution >= 0.6 is 0 Å². The zero-order chi connectivity index (χ0) is 21.8. The standard InChI is InChI=1S/C24H36N2O4/c1-19(2)10-6-4-5-7-11-23(27)25-17-20-12-13-21(22(16-20)29-3)30-24(28)18-26-14-8-9-15-26/h6,10,12-13,16,19H,4-5,7-9,11,14-15,17-18H2,1-3H3,(H,25,27)/b10-6+. The molecule has 2 rings (SSSR count). The summed E-state index contributed by atoms with van der Waals surface area (Å²) in [5.74, 6) is 1.24. The molecule has 1 amide bonds. The lowest BCUT2D eigenvalue weighted by Crippen LogP contribution is -2.29. The summed E-state index contributed by atoms with van der Waals surface area (Å²) in [6.45, 7) is 6.92. The van der Waals surface area contributed by atoms with E-state index in [0.717, 1.165) is 50.8 Å². The molecule has 1 aliphatic rings. The van der Waals surface area contributed by atoms with Crippen LogP contribution in [-0.4, -0.2) is 43.5 Å². The second-order valence-electron chi connectivity index (χ2n) is 8.14. The van der Waals surface area contributed by atoms with Crippen molar-refractivity contribution in [3.05, 3.63) is 35.9 Å². The number of rotatable bonds is 12. The summed E-state index contributed by atoms with van der Waals surface area (Å²) in [6.07, 6.45) is 10.1. The van der Waals surface area contributed by atoms with Crippen LogP contribution in [0.3, 0.4) is 0 Å². The summed E-state index contributed by atoms with van der Waals surface area (Å²) in [7, 11) is 1.54. The Bertz CT molecular complexity index is 709. The Labute approximate surface area is 180 Å². The quantitative estimate of drug-likeness (QED) is 0.241. The topological polar surface area (TPSA) is 67.9 Å². The van der Waals surface area contributed by atoms with Gasteiger partial charge in [0.15, 0.2) is 11.5 Å². The lowest BCUT2D eigenvalue weighted by Gasteiger charge is -2.15. The van der Waals surface area contributed by atoms with Crippen LogP contribution in [0.15, 0.2) is 30.4 Å². The number of hydrogen-bond donors (Lipinski definition) is 1. The van der Waals surface area contributed by atoms with E-state index >= 15 is 0 Å². The Kier molecular flexibility index (Phi) is 10.4. The SMILES string of the molecule is COc1cc(CNC(=O)CCCC/C=C/C(C)C)ccc1OC(=O)CN1CCCC1. The van der Waals surface area contributed by atoms with Gasteiger partial charge in [0.1, 0.15) is 0 Å². The first-order valence-electron chi connectivity index (χ1n) is 11.0. The van der Waals surface area contributed by atoms with E-state index in [1.54, 1.807) is 19.2 Å². The number of nitrogens with zero attached hydrogens (tertiary/aromatic N) is 1. The molecule has 0 aliphatic carbocycles. The number of allylic oxidation sites excluding steroid dienone is 2. The van der Waals surface area contributed by atoms with Gasteiger partial charge in [0, 0.05) is 13.0 Å². The van der Waals surface area contributed by atoms with Crippen LogP contribution in [0.5, 0.6) is 11.5 Å². The number of unbranched alkanes of at least 4 members (excludes halogenated alkanes) is 2. The fourth-order valence-electron chi connectivity index (χ4n) is 3.39. The largest absolute Gasteiger partial charge is 0.493 e. The first kappa shape index (κ1) is 23.9. The first-order valence-corrected chi connectivity index (χ1v) is 11.0. The van der Waals surface area contributed by atoms with Crippen LogP contribution in [0.4, 0.5) is 0 Å². The normalized spacial score (nSPS) is 14.4. The molecule has 0 saturated carbocycles. The number of likely N-dealkylation sites (tertiary alicyclic amines) is 1. The molecule has 0 radical (unpaired) electrons. The Balaban J connectivity index is 1.74. The molecule has 1 fully saturated rings. The van der Waals surface area contributed by atoms with Crippen molar-refractivity contribution in [1.29, 1.82) is 0 Å². The van der Waals surface area contributed by atoms with Crippen LogP contribution in [0.1, 0.15) is 57.9 Å². The molecule has 6 nitrogen and oxygen atoms in total. The number of carbonyl (C=O) groups excluding carboxylic acids is 2. The maximum Gasteiger partial charge on any atom is 0.325 e. The third-order valence-electron chi connectivity index (χ3n) is 5.04. The Morgan fingerprint density at radius 1 is 1.17 bits per heavy atom. The minimum Gasteiger partial charge on any atom is -0.493 e. The summed E-state index contributed by atoms with van der Waals surface area (Å²) in [6, 6.07) is 5.37. The van der Waals surface area contributed by atoms with Gasteiger partial charge >= 0.3 is 5.97 Å². The number of benzene rings is 1. The number of hydrogen-bond acceptors (Lipinski definition) is 5. The highest BCUT2D eigenvalue weighted by atomic mass is 16.6. The molecule has 166 valence electrons. The van der Waals surface area contributed by atoms with Crippen molar-refractivity contribution in [3.8, 4) is 11.5 Å². The zero-order valence-corrected chi connectivity index (χ0v) is 18.6. The highest BCUT2D eigenvalue weighted by Crippen LogP contribution is 2.28. The van der Waals surface area contributed by atoms with Crippen LogP contribution in [-0.2, 0) is 16.1 Å². The van der Waals surface area contributed by atoms with Crippen molar-refractivity contribution < 1.29 is 19.1 Å². The Morgan fingerprint density at radius 3 is 2.63 bits per heavy atom. The van der Waals surface area contributed by atoms with Gasteiger partial charge in [-0.2, -0.15) is 0 Å². The number of methoxy groups -OCH3 is 1. The molecule has 1 heterocycles. The van der Waals surface area contributed by atoms with Gasteiger partial charge in [-0.15, -0.1) is 0 Å². The van der Waals surface area contributed by atoms with E-state index in [4.69, 9.17) is 9.47 Å². The third kappa shape index (κ3) is 8.99. The van der Waals surface area contributed by atoms with E-state index in [-0.39, 0.29) is 11.9 Å². The molecule has 0 atom stereocenters. The minimum absolute atomic E-state index is 0.0444. The number of ether oxygens (including phenoxy) is 2. The van der Waals surface area contributed by atoms with Gasteiger partial charge in [-0.3, -0.25) is 14.5 Å². The van der Waals surface area contributed by atoms with E-state index in [0.29, 0.717) is 36.9 Å². The number of esters is 1. The van der Waals surface area contributed by atoms with Gasteiger partial charge in [-0.1, -0.05) is 32.1 Å². The summed E-state index contributed by atoms with van der Waals surface area (Å²) < 4.78 is 10.9. The van der Waals surface area contributed by atoms with Crippen LogP contribution < -0.4 is 14.8 Å². The van der Waals surface area contributed by atoms with E-state index in [1.165, 1.54) is 0 Å². The van der Waals surface area contributed by atoms with Gasteiger partial charge < -0.3 is 14.8 Å². The van der Waals surface area contributed by atoms with Crippen molar-refractivity contribution >= 4 is 11.9 Å². The Morgan fingerprint density at radius 2 is 1.93 bits per heavy atom. The molecule has 0 unspecified atom stereocenters. The monoisotopic (exact) mass is 416 g/mol. The van der Waals surface area contributed by atoms with Crippen molar-refractivity contribution in [1.82, 2.24) is 10.2 Å². The summed E-state index contributed by atoms with van der Waals surface area (Å²) >= 11 is 0. The van der Waals surface area contributed by atoms with Crippen molar-refractivity contribution in [2.45, 2.75) is 58.9 Å². The van der Waals surface area contributed by atoms with Gasteiger partial charge in [0.2, 0.25) is 5.91 Å². The fraction of sp³-hybridized carbons (Fsp3) is 0.583. The molecule has 6 heteroatoms. The molecule has 0 aromatic heterocycles. The minimum atomic E-state index is -0.278. The van der Waals surface area contributed by atoms with Crippen LogP contribution in [0, 0.1) is 5.92 Å². The molecule has 1 saturated heterocycles. The van der Waals surface area contributed by atoms with Crippen molar-refractivity contribution in [2.24, 2.45) is 5.92 Å². The molecule has 1 aromatic rings. The van der Waals surface area contributed by atoms with Gasteiger partial charge in [-0.25, -0.2) is 0 Å². The second kappa shape index (κ2) is 13.1. The number of amides is 1. The zero-order valence-electron chi connectivity index (χ0n) is 18.6. The molecule has 0 spiro atoms. The lowest BCUT2D eigenvalue weighted by molar-refractivity contribution is -0.135. The number of nitrogens with one attached hydrogen (secondary N) is 1. The van der Waals surface area contributed by atoms with E-state index in [2.05, 4.69) is 36.2 Å². The number of carbonyl (C=O) groups is 2. The summed E-state index contributed by atoms with van der Waals surface area (Å²) in [5, 5.41) is 2.94. The highest BCUT2D eigenvalue weighted by Gasteiger charge is 2.18. The average Bonchev–Trinajstić information content (AvgIpc) is 3.22. The van der Waals surface area contributed by atoms with Gasteiger partial charge in [-0.05, 0) is 68.8 Å². The van der Waals surface area contributed by atoms with Crippen LogP contribution in [0.25, 0.3) is 0 Å². The van der Waals surface area contributed by atoms with Gasteiger partial charge in [0.05, 0.1) is 13.7 Å². The maximum atomic E-state index is 12.2. The highest BCUT2D eigenvalue weighted by molar-refractivity contribution is 5.76. The summed E-state index contributed by atoms with van der Waals surface area (Å²) in [5.41, 5.74) is 0.902. The molecule has 30 heavy (non-hydrogen) atoms. The maximum absolute atomic E-state index is 12.2. The molecule has 1 aromatic carbocycles. The third-order valence-corrected chi connectivity index (χ3v) is 5.04. The molecular formula is C24H36N2O4. The predicted molar refractivity (Wildman–Crippen MR) is 119 cm³/mol. The molecule has 0 bridgehead atoms. The van der Waals surface area contributed by atoms with Crippen molar-refractivity contribution in [3.63, 3.8) is 0 Å². The first-order chi connectivity index (χ1) is 14.5. The average molecular weight is 417 g/mol. The van der Waals surface area contributed by atoms with Crippen LogP contribution in [0.2, 0.25) is 0 Å². The van der Waals surface area contributed by atoms with E-state index in [1.807, 2.05) is 6.07 Å². The van der Waals surface area contributed by atoms with Crippen molar-refractivity contribution in [2.75, 3.05) is 26.7 Å². The molecular weight excluding hydrogens is 380 g/mol. The second-order valence-corrected chi connectivity index (χ2v) is 8.14. The fourth-order valence-corrected chi connectivity index (χ4v) is 3.39. The lowest BCUT2D eigenvalue weighted by atomic mass is 10.1.